The van der Waals surface area contributed by atoms with Crippen LogP contribution in [0, 0.1) is 11.6 Å². The molecule has 1 aliphatic heterocycles. The fraction of sp³-hybridized carbons (Fsp3) is 0.333. The fourth-order valence-corrected chi connectivity index (χ4v) is 5.55. The third-order valence-electron chi connectivity index (χ3n) is 7.39. The summed E-state index contributed by atoms with van der Waals surface area (Å²) < 4.78 is 31.3. The molecule has 1 saturated heterocycles. The number of amides is 1. The standard InChI is InChI=1S/C27H27F2N7O2/c28-19-6-3-7-20(29)26(19)36-24(37)11-9-22(33-36)27(38)32-21-8-10-23-18(25(21)34-13-12-16(30)15-34)14-31-35(23)17-4-1-2-5-17/h3,6-11,14,16-17H,1-2,4-5,12-13,15,30H2,(H,32,38)/t16-/m1/s1. The molecule has 0 spiro atoms. The van der Waals surface area contributed by atoms with Gasteiger partial charge in [0, 0.05) is 30.6 Å². The number of benzene rings is 2. The van der Waals surface area contributed by atoms with Gasteiger partial charge in [0.05, 0.1) is 29.1 Å². The molecule has 2 aromatic carbocycles. The normalized spacial score (nSPS) is 18.0. The molecular formula is C27H27F2N7O2. The quantitative estimate of drug-likeness (QED) is 0.415. The van der Waals surface area contributed by atoms with Crippen LogP contribution in [-0.4, -0.2) is 44.6 Å². The predicted molar refractivity (Wildman–Crippen MR) is 140 cm³/mol. The monoisotopic (exact) mass is 519 g/mol. The summed E-state index contributed by atoms with van der Waals surface area (Å²) in [4.78, 5) is 27.8. The summed E-state index contributed by atoms with van der Waals surface area (Å²) in [7, 11) is 0. The van der Waals surface area contributed by atoms with Gasteiger partial charge in [-0.25, -0.2) is 8.78 Å². The van der Waals surface area contributed by atoms with Crippen molar-refractivity contribution < 1.29 is 13.6 Å². The van der Waals surface area contributed by atoms with E-state index in [1.54, 1.807) is 0 Å². The number of anilines is 2. The minimum Gasteiger partial charge on any atom is -0.368 e. The molecule has 1 aliphatic carbocycles. The summed E-state index contributed by atoms with van der Waals surface area (Å²) in [6.45, 7) is 1.36. The highest BCUT2D eigenvalue weighted by Crippen LogP contribution is 2.39. The molecule has 1 atom stereocenters. The number of hydrogen-bond donors (Lipinski definition) is 2. The number of aromatic nitrogens is 4. The lowest BCUT2D eigenvalue weighted by atomic mass is 10.1. The Morgan fingerprint density at radius 3 is 2.47 bits per heavy atom. The van der Waals surface area contributed by atoms with E-state index in [-0.39, 0.29) is 11.7 Å². The first kappa shape index (κ1) is 24.2. The number of hydrogen-bond acceptors (Lipinski definition) is 6. The van der Waals surface area contributed by atoms with Crippen LogP contribution < -0.4 is 21.5 Å². The summed E-state index contributed by atoms with van der Waals surface area (Å²) in [5.74, 6) is -2.55. The summed E-state index contributed by atoms with van der Waals surface area (Å²) >= 11 is 0. The largest absolute Gasteiger partial charge is 0.368 e. The minimum atomic E-state index is -0.963. The molecule has 3 N–H and O–H groups in total. The average Bonchev–Trinajstić information content (AvgIpc) is 3.66. The van der Waals surface area contributed by atoms with E-state index in [1.807, 2.05) is 18.3 Å². The average molecular weight is 520 g/mol. The highest BCUT2D eigenvalue weighted by molar-refractivity contribution is 6.09. The van der Waals surface area contributed by atoms with Gasteiger partial charge in [-0.05, 0) is 49.6 Å². The Hall–Kier alpha value is -4.12. The Balaban J connectivity index is 1.39. The van der Waals surface area contributed by atoms with Crippen molar-refractivity contribution in [3.05, 3.63) is 76.3 Å². The number of para-hydroxylation sites is 1. The van der Waals surface area contributed by atoms with Gasteiger partial charge in [0.15, 0.2) is 11.6 Å². The second kappa shape index (κ2) is 9.64. The predicted octanol–water partition coefficient (Wildman–Crippen LogP) is 3.77. The van der Waals surface area contributed by atoms with Gasteiger partial charge in [0.1, 0.15) is 11.4 Å². The summed E-state index contributed by atoms with van der Waals surface area (Å²) in [5, 5.41) is 12.5. The number of nitrogens with zero attached hydrogens (tertiary/aromatic N) is 5. The van der Waals surface area contributed by atoms with E-state index in [0.29, 0.717) is 23.0 Å². The van der Waals surface area contributed by atoms with Crippen LogP contribution in [0.2, 0.25) is 0 Å². The van der Waals surface area contributed by atoms with E-state index in [0.717, 1.165) is 60.6 Å². The number of nitrogens with two attached hydrogens (primary N) is 1. The number of fused-ring (bicyclic) bond motifs is 1. The van der Waals surface area contributed by atoms with Crippen LogP contribution >= 0.6 is 0 Å². The first-order chi connectivity index (χ1) is 18.4. The molecule has 0 radical (unpaired) electrons. The maximum absolute atomic E-state index is 14.4. The molecule has 0 bridgehead atoms. The van der Waals surface area contributed by atoms with Crippen LogP contribution in [0.5, 0.6) is 0 Å². The Morgan fingerprint density at radius 2 is 1.76 bits per heavy atom. The van der Waals surface area contributed by atoms with Gasteiger partial charge in [0.2, 0.25) is 0 Å². The Labute approximate surface area is 216 Å². The van der Waals surface area contributed by atoms with Gasteiger partial charge >= 0.3 is 0 Å². The fourth-order valence-electron chi connectivity index (χ4n) is 5.55. The molecule has 196 valence electrons. The molecule has 6 rings (SSSR count). The van der Waals surface area contributed by atoms with E-state index in [4.69, 9.17) is 10.8 Å². The molecule has 11 heteroatoms. The highest BCUT2D eigenvalue weighted by Gasteiger charge is 2.27. The maximum Gasteiger partial charge on any atom is 0.276 e. The maximum atomic E-state index is 14.4. The first-order valence-electron chi connectivity index (χ1n) is 12.8. The number of nitrogens with one attached hydrogen (secondary N) is 1. The first-order valence-corrected chi connectivity index (χ1v) is 12.8. The molecule has 3 heterocycles. The Morgan fingerprint density at radius 1 is 1.00 bits per heavy atom. The zero-order chi connectivity index (χ0) is 26.4. The third-order valence-corrected chi connectivity index (χ3v) is 7.39. The van der Waals surface area contributed by atoms with E-state index < -0.39 is 28.8 Å². The van der Waals surface area contributed by atoms with Gasteiger partial charge in [0.25, 0.3) is 11.5 Å². The van der Waals surface area contributed by atoms with E-state index in [9.17, 15) is 18.4 Å². The molecule has 1 amide bonds. The Kier molecular flexibility index (Phi) is 6.15. The van der Waals surface area contributed by atoms with Gasteiger partial charge in [-0.2, -0.15) is 14.9 Å². The van der Waals surface area contributed by atoms with E-state index in [1.165, 1.54) is 25.0 Å². The van der Waals surface area contributed by atoms with Crippen molar-refractivity contribution in [1.82, 2.24) is 19.6 Å². The van der Waals surface area contributed by atoms with Crippen molar-refractivity contribution in [2.24, 2.45) is 5.73 Å². The zero-order valence-corrected chi connectivity index (χ0v) is 20.6. The van der Waals surface area contributed by atoms with Crippen LogP contribution in [0.4, 0.5) is 20.2 Å². The number of halogens is 2. The Bertz CT molecular complexity index is 1570. The van der Waals surface area contributed by atoms with Crippen LogP contribution in [0.1, 0.15) is 48.6 Å². The van der Waals surface area contributed by atoms with Crippen molar-refractivity contribution in [2.75, 3.05) is 23.3 Å². The molecule has 2 aromatic heterocycles. The molecule has 1 saturated carbocycles. The van der Waals surface area contributed by atoms with Gasteiger partial charge in [-0.1, -0.05) is 18.9 Å². The van der Waals surface area contributed by atoms with Crippen LogP contribution in [0.3, 0.4) is 0 Å². The smallest absolute Gasteiger partial charge is 0.276 e. The molecule has 38 heavy (non-hydrogen) atoms. The molecule has 2 fully saturated rings. The van der Waals surface area contributed by atoms with Gasteiger partial charge < -0.3 is 16.0 Å². The zero-order valence-electron chi connectivity index (χ0n) is 20.6. The van der Waals surface area contributed by atoms with Crippen LogP contribution in [-0.2, 0) is 0 Å². The third kappa shape index (κ3) is 4.22. The molecular weight excluding hydrogens is 492 g/mol. The summed E-state index contributed by atoms with van der Waals surface area (Å²) in [5.41, 5.74) is 6.99. The second-order valence-corrected chi connectivity index (χ2v) is 9.91. The summed E-state index contributed by atoms with van der Waals surface area (Å²) in [6.07, 6.45) is 7.19. The second-order valence-electron chi connectivity index (χ2n) is 9.91. The lowest BCUT2D eigenvalue weighted by Crippen LogP contribution is -2.28. The number of carbonyl (C=O) groups excluding carboxylic acids is 1. The minimum absolute atomic E-state index is 0.0135. The van der Waals surface area contributed by atoms with Crippen molar-refractivity contribution >= 4 is 28.2 Å². The van der Waals surface area contributed by atoms with E-state index >= 15 is 0 Å². The lowest BCUT2D eigenvalue weighted by Gasteiger charge is -2.23. The molecule has 2 aliphatic rings. The molecule has 4 aromatic rings. The van der Waals surface area contributed by atoms with Crippen LogP contribution in [0.25, 0.3) is 16.6 Å². The number of rotatable bonds is 5. The van der Waals surface area contributed by atoms with E-state index in [2.05, 4.69) is 20.0 Å². The molecule has 9 nitrogen and oxygen atoms in total. The highest BCUT2D eigenvalue weighted by atomic mass is 19.1. The molecule has 0 unspecified atom stereocenters. The SMILES string of the molecule is N[C@@H]1CCN(c2c(NC(=O)c3ccc(=O)n(-c4c(F)cccc4F)n3)ccc3c2cnn3C2CCCC2)C1. The summed E-state index contributed by atoms with van der Waals surface area (Å²) in [6, 6.07) is 9.66. The van der Waals surface area contributed by atoms with Gasteiger partial charge in [-0.3, -0.25) is 14.3 Å². The van der Waals surface area contributed by atoms with Crippen molar-refractivity contribution in [2.45, 2.75) is 44.2 Å². The number of carbonyl (C=O) groups is 1. The van der Waals surface area contributed by atoms with Crippen molar-refractivity contribution in [3.8, 4) is 5.69 Å². The van der Waals surface area contributed by atoms with Crippen LogP contribution in [0.15, 0.2) is 53.5 Å². The van der Waals surface area contributed by atoms with Crippen molar-refractivity contribution in [3.63, 3.8) is 0 Å². The van der Waals surface area contributed by atoms with Crippen molar-refractivity contribution in [1.29, 1.82) is 0 Å². The van der Waals surface area contributed by atoms with Gasteiger partial charge in [-0.15, -0.1) is 0 Å². The topological polar surface area (TPSA) is 111 Å². The lowest BCUT2D eigenvalue weighted by molar-refractivity contribution is 0.102.